The summed E-state index contributed by atoms with van der Waals surface area (Å²) >= 11 is 6.06. The Kier molecular flexibility index (Phi) is 5.84. The summed E-state index contributed by atoms with van der Waals surface area (Å²) in [6, 6.07) is 4.87. The molecular formula is C17H25ClN2O2. The van der Waals surface area contributed by atoms with E-state index in [4.69, 9.17) is 16.7 Å². The lowest BCUT2D eigenvalue weighted by molar-refractivity contribution is -0.139. The van der Waals surface area contributed by atoms with Gasteiger partial charge in [-0.2, -0.15) is 0 Å². The fourth-order valence-electron chi connectivity index (χ4n) is 3.19. The van der Waals surface area contributed by atoms with Crippen molar-refractivity contribution in [3.05, 3.63) is 33.8 Å². The Balaban J connectivity index is 1.82. The van der Waals surface area contributed by atoms with Crippen LogP contribution in [-0.4, -0.2) is 41.1 Å². The normalized spacial score (nSPS) is 21.0. The number of likely N-dealkylation sites (N-methyl/N-ethyl adjacent to an activating group) is 1. The number of nitrogens with one attached hydrogen (secondary N) is 1. The molecule has 2 rings (SSSR count). The molecule has 1 aromatic rings. The van der Waals surface area contributed by atoms with Gasteiger partial charge in [0.1, 0.15) is 0 Å². The molecule has 5 heteroatoms. The Hall–Kier alpha value is -1.10. The van der Waals surface area contributed by atoms with Crippen molar-refractivity contribution in [3.8, 4) is 0 Å². The third-order valence-electron chi connectivity index (χ3n) is 4.60. The molecule has 1 aromatic carbocycles. The summed E-state index contributed by atoms with van der Waals surface area (Å²) in [7, 11) is 0. The van der Waals surface area contributed by atoms with Crippen molar-refractivity contribution in [2.75, 3.05) is 13.1 Å². The third-order valence-corrected chi connectivity index (χ3v) is 4.82. The zero-order valence-corrected chi connectivity index (χ0v) is 14.3. The molecule has 0 bridgehead atoms. The van der Waals surface area contributed by atoms with Crippen LogP contribution in [0.2, 0.25) is 5.02 Å². The van der Waals surface area contributed by atoms with Gasteiger partial charge in [0.15, 0.2) is 0 Å². The Bertz CT molecular complexity index is 518. The van der Waals surface area contributed by atoms with E-state index in [-0.39, 0.29) is 6.54 Å². The molecule has 0 saturated heterocycles. The topological polar surface area (TPSA) is 52.6 Å². The minimum atomic E-state index is -0.745. The maximum atomic E-state index is 10.8. The number of hydrogen-bond donors (Lipinski definition) is 2. The molecule has 0 aliphatic heterocycles. The Morgan fingerprint density at radius 3 is 2.45 bits per heavy atom. The predicted octanol–water partition coefficient (Wildman–Crippen LogP) is 2.98. The maximum Gasteiger partial charge on any atom is 0.317 e. The number of halogens is 1. The summed E-state index contributed by atoms with van der Waals surface area (Å²) < 4.78 is 0. The van der Waals surface area contributed by atoms with Crippen LogP contribution >= 0.6 is 11.6 Å². The minimum Gasteiger partial charge on any atom is -0.480 e. The molecule has 22 heavy (non-hydrogen) atoms. The number of rotatable bonds is 7. The van der Waals surface area contributed by atoms with Gasteiger partial charge in [0, 0.05) is 23.7 Å². The Morgan fingerprint density at radius 2 is 1.95 bits per heavy atom. The van der Waals surface area contributed by atoms with E-state index in [1.807, 2.05) is 24.0 Å². The number of aryl methyl sites for hydroxylation is 2. The van der Waals surface area contributed by atoms with Gasteiger partial charge < -0.3 is 10.4 Å². The van der Waals surface area contributed by atoms with Crippen molar-refractivity contribution >= 4 is 17.6 Å². The average Bonchev–Trinajstić information content (AvgIpc) is 2.37. The molecule has 1 aliphatic carbocycles. The van der Waals surface area contributed by atoms with Gasteiger partial charge in [-0.3, -0.25) is 9.69 Å². The number of carbonyl (C=O) groups is 1. The Morgan fingerprint density at radius 1 is 1.36 bits per heavy atom. The van der Waals surface area contributed by atoms with E-state index in [2.05, 4.69) is 19.2 Å². The van der Waals surface area contributed by atoms with Gasteiger partial charge in [-0.1, -0.05) is 18.5 Å². The van der Waals surface area contributed by atoms with Gasteiger partial charge in [-0.05, 0) is 62.1 Å². The van der Waals surface area contributed by atoms with Crippen LogP contribution in [0.25, 0.3) is 0 Å². The molecule has 0 radical (unpaired) electrons. The van der Waals surface area contributed by atoms with Gasteiger partial charge in [-0.15, -0.1) is 0 Å². The number of benzene rings is 1. The highest BCUT2D eigenvalue weighted by Crippen LogP contribution is 2.27. The lowest BCUT2D eigenvalue weighted by Crippen LogP contribution is -2.53. The molecule has 122 valence electrons. The van der Waals surface area contributed by atoms with Gasteiger partial charge >= 0.3 is 5.97 Å². The van der Waals surface area contributed by atoms with E-state index in [9.17, 15) is 4.79 Å². The second kappa shape index (κ2) is 7.44. The van der Waals surface area contributed by atoms with Crippen LogP contribution in [0.1, 0.15) is 36.5 Å². The van der Waals surface area contributed by atoms with Crippen LogP contribution in [0.3, 0.4) is 0 Å². The van der Waals surface area contributed by atoms with E-state index < -0.39 is 5.97 Å². The van der Waals surface area contributed by atoms with E-state index in [0.29, 0.717) is 12.1 Å². The summed E-state index contributed by atoms with van der Waals surface area (Å²) in [4.78, 5) is 12.9. The van der Waals surface area contributed by atoms with Crippen molar-refractivity contribution in [1.29, 1.82) is 0 Å². The van der Waals surface area contributed by atoms with Crippen molar-refractivity contribution in [3.63, 3.8) is 0 Å². The van der Waals surface area contributed by atoms with Crippen LogP contribution in [0.5, 0.6) is 0 Å². The summed E-state index contributed by atoms with van der Waals surface area (Å²) in [5.41, 5.74) is 3.75. The van der Waals surface area contributed by atoms with E-state index in [0.717, 1.165) is 31.0 Å². The molecule has 1 aliphatic rings. The molecule has 0 unspecified atom stereocenters. The predicted molar refractivity (Wildman–Crippen MR) is 89.5 cm³/mol. The summed E-state index contributed by atoms with van der Waals surface area (Å²) in [5.74, 6) is -0.745. The third kappa shape index (κ3) is 4.22. The van der Waals surface area contributed by atoms with Crippen LogP contribution in [0.15, 0.2) is 12.1 Å². The van der Waals surface area contributed by atoms with Crippen molar-refractivity contribution < 1.29 is 9.90 Å². The maximum absolute atomic E-state index is 10.8. The fraction of sp³-hybridized carbons (Fsp3) is 0.588. The second-order valence-electron chi connectivity index (χ2n) is 6.18. The molecular weight excluding hydrogens is 300 g/mol. The summed E-state index contributed by atoms with van der Waals surface area (Å²) in [6.45, 7) is 7.97. The van der Waals surface area contributed by atoms with Gasteiger partial charge in [0.25, 0.3) is 0 Å². The quantitative estimate of drug-likeness (QED) is 0.809. The van der Waals surface area contributed by atoms with Gasteiger partial charge in [0.2, 0.25) is 0 Å². The van der Waals surface area contributed by atoms with Crippen molar-refractivity contribution in [2.24, 2.45) is 0 Å². The first kappa shape index (κ1) is 17.3. The molecule has 2 N–H and O–H groups in total. The average molecular weight is 325 g/mol. The number of aliphatic carboxylic acids is 1. The number of hydrogen-bond acceptors (Lipinski definition) is 3. The summed E-state index contributed by atoms with van der Waals surface area (Å²) in [5, 5.41) is 13.3. The fourth-order valence-corrected chi connectivity index (χ4v) is 3.52. The van der Waals surface area contributed by atoms with E-state index in [1.165, 1.54) is 16.7 Å². The minimum absolute atomic E-state index is 0.142. The standard InChI is InChI=1S/C17H25ClN2O2/c1-4-20(10-17(21)22)15-7-14(8-15)19-9-16-11(2)5-13(18)6-12(16)3/h5-6,14-15,19H,4,7-10H2,1-3H3,(H,21,22). The molecule has 1 saturated carbocycles. The van der Waals surface area contributed by atoms with Gasteiger partial charge in [-0.25, -0.2) is 0 Å². The molecule has 0 aromatic heterocycles. The monoisotopic (exact) mass is 324 g/mol. The van der Waals surface area contributed by atoms with Crippen LogP contribution < -0.4 is 5.32 Å². The van der Waals surface area contributed by atoms with Crippen molar-refractivity contribution in [2.45, 2.75) is 52.2 Å². The molecule has 0 spiro atoms. The largest absolute Gasteiger partial charge is 0.480 e. The highest BCUT2D eigenvalue weighted by molar-refractivity contribution is 6.30. The zero-order valence-electron chi connectivity index (χ0n) is 13.5. The Labute approximate surface area is 137 Å². The van der Waals surface area contributed by atoms with Crippen LogP contribution in [0, 0.1) is 13.8 Å². The zero-order chi connectivity index (χ0) is 16.3. The molecule has 0 heterocycles. The van der Waals surface area contributed by atoms with Crippen LogP contribution in [-0.2, 0) is 11.3 Å². The molecule has 4 nitrogen and oxygen atoms in total. The van der Waals surface area contributed by atoms with E-state index in [1.54, 1.807) is 0 Å². The molecule has 0 amide bonds. The van der Waals surface area contributed by atoms with Gasteiger partial charge in [0.05, 0.1) is 6.54 Å². The first-order valence-corrected chi connectivity index (χ1v) is 8.23. The lowest BCUT2D eigenvalue weighted by atomic mass is 9.85. The smallest absolute Gasteiger partial charge is 0.317 e. The van der Waals surface area contributed by atoms with Crippen molar-refractivity contribution in [1.82, 2.24) is 10.2 Å². The summed E-state index contributed by atoms with van der Waals surface area (Å²) in [6.07, 6.45) is 2.04. The molecule has 1 fully saturated rings. The number of carboxylic acid groups (broad SMARTS) is 1. The first-order chi connectivity index (χ1) is 10.4. The SMILES string of the molecule is CCN(CC(=O)O)C1CC(NCc2c(C)cc(Cl)cc2C)C1. The lowest BCUT2D eigenvalue weighted by Gasteiger charge is -2.42. The molecule has 0 atom stereocenters. The van der Waals surface area contributed by atoms with Crippen LogP contribution in [0.4, 0.5) is 0 Å². The highest BCUT2D eigenvalue weighted by atomic mass is 35.5. The number of nitrogens with zero attached hydrogens (tertiary/aromatic N) is 1. The highest BCUT2D eigenvalue weighted by Gasteiger charge is 2.33. The number of carboxylic acids is 1. The van der Waals surface area contributed by atoms with E-state index >= 15 is 0 Å². The second-order valence-corrected chi connectivity index (χ2v) is 6.61. The first-order valence-electron chi connectivity index (χ1n) is 7.85.